The van der Waals surface area contributed by atoms with E-state index in [1.807, 2.05) is 24.0 Å². The number of benzene rings is 1. The molecule has 21 heavy (non-hydrogen) atoms. The van der Waals surface area contributed by atoms with Gasteiger partial charge in [-0.3, -0.25) is 9.59 Å². The molecule has 1 fully saturated rings. The van der Waals surface area contributed by atoms with Crippen molar-refractivity contribution >= 4 is 33.9 Å². The Morgan fingerprint density at radius 2 is 2.05 bits per heavy atom. The van der Waals surface area contributed by atoms with Gasteiger partial charge in [0.1, 0.15) is 0 Å². The summed E-state index contributed by atoms with van der Waals surface area (Å²) in [5.41, 5.74) is 2.19. The van der Waals surface area contributed by atoms with Crippen LogP contribution >= 0.6 is 15.9 Å². The van der Waals surface area contributed by atoms with Gasteiger partial charge in [0.25, 0.3) is 0 Å². The first-order chi connectivity index (χ1) is 10.1. The monoisotopic (exact) mass is 353 g/mol. The minimum atomic E-state index is 0.141. The Bertz CT molecular complexity index is 514. The SMILES string of the molecule is Cc1cc(NCCC(=O)N2CCN(C=O)CC2)ccc1Br. The molecule has 5 nitrogen and oxygen atoms in total. The Labute approximate surface area is 133 Å². The molecule has 0 atom stereocenters. The van der Waals surface area contributed by atoms with Gasteiger partial charge in [0, 0.05) is 49.3 Å². The van der Waals surface area contributed by atoms with E-state index in [4.69, 9.17) is 0 Å². The summed E-state index contributed by atoms with van der Waals surface area (Å²) >= 11 is 3.47. The Morgan fingerprint density at radius 1 is 1.33 bits per heavy atom. The highest BCUT2D eigenvalue weighted by Crippen LogP contribution is 2.19. The fraction of sp³-hybridized carbons (Fsp3) is 0.467. The second-order valence-electron chi connectivity index (χ2n) is 5.16. The number of rotatable bonds is 5. The quantitative estimate of drug-likeness (QED) is 0.822. The van der Waals surface area contributed by atoms with E-state index in [9.17, 15) is 9.59 Å². The van der Waals surface area contributed by atoms with Crippen molar-refractivity contribution in [3.8, 4) is 0 Å². The fourth-order valence-corrected chi connectivity index (χ4v) is 2.55. The summed E-state index contributed by atoms with van der Waals surface area (Å²) in [6, 6.07) is 6.04. The molecule has 114 valence electrons. The zero-order valence-electron chi connectivity index (χ0n) is 12.1. The third kappa shape index (κ3) is 4.46. The number of amides is 2. The standard InChI is InChI=1S/C15H20BrN3O2/c1-12-10-13(2-3-14(12)16)17-5-4-15(21)19-8-6-18(11-20)7-9-19/h2-3,10-11,17H,4-9H2,1H3. The number of carbonyl (C=O) groups is 2. The molecule has 2 amide bonds. The predicted molar refractivity (Wildman–Crippen MR) is 86.2 cm³/mol. The second-order valence-corrected chi connectivity index (χ2v) is 6.02. The minimum absolute atomic E-state index is 0.141. The van der Waals surface area contributed by atoms with Crippen LogP contribution in [0.4, 0.5) is 5.69 Å². The van der Waals surface area contributed by atoms with E-state index in [2.05, 4.69) is 27.3 Å². The van der Waals surface area contributed by atoms with Crippen molar-refractivity contribution in [3.05, 3.63) is 28.2 Å². The lowest BCUT2D eigenvalue weighted by Gasteiger charge is -2.32. The van der Waals surface area contributed by atoms with Gasteiger partial charge < -0.3 is 15.1 Å². The van der Waals surface area contributed by atoms with Crippen LogP contribution in [0.1, 0.15) is 12.0 Å². The van der Waals surface area contributed by atoms with E-state index in [0.717, 1.165) is 22.1 Å². The third-order valence-corrected chi connectivity index (χ3v) is 4.53. The molecule has 1 N–H and O–H groups in total. The van der Waals surface area contributed by atoms with Crippen LogP contribution in [0.25, 0.3) is 0 Å². The molecule has 1 heterocycles. The molecule has 1 aliphatic rings. The molecule has 1 saturated heterocycles. The maximum Gasteiger partial charge on any atom is 0.224 e. The first kappa shape index (κ1) is 15.8. The molecule has 0 radical (unpaired) electrons. The Kier molecular flexibility index (Phi) is 5.61. The number of aryl methyl sites for hydroxylation is 1. The van der Waals surface area contributed by atoms with E-state index in [-0.39, 0.29) is 5.91 Å². The lowest BCUT2D eigenvalue weighted by Crippen LogP contribution is -2.48. The molecule has 1 aromatic carbocycles. The highest BCUT2D eigenvalue weighted by atomic mass is 79.9. The molecular weight excluding hydrogens is 334 g/mol. The number of carbonyl (C=O) groups excluding carboxylic acids is 2. The smallest absolute Gasteiger partial charge is 0.224 e. The first-order valence-electron chi connectivity index (χ1n) is 7.07. The zero-order valence-corrected chi connectivity index (χ0v) is 13.7. The van der Waals surface area contributed by atoms with Crippen molar-refractivity contribution in [2.45, 2.75) is 13.3 Å². The molecule has 0 bridgehead atoms. The van der Waals surface area contributed by atoms with Gasteiger partial charge in [-0.25, -0.2) is 0 Å². The van der Waals surface area contributed by atoms with Gasteiger partial charge in [0.2, 0.25) is 12.3 Å². The first-order valence-corrected chi connectivity index (χ1v) is 7.86. The van der Waals surface area contributed by atoms with Gasteiger partial charge in [-0.1, -0.05) is 15.9 Å². The lowest BCUT2D eigenvalue weighted by atomic mass is 10.2. The number of nitrogens with zero attached hydrogens (tertiary/aromatic N) is 2. The number of halogens is 1. The molecular formula is C15H20BrN3O2. The number of hydrogen-bond acceptors (Lipinski definition) is 3. The summed E-state index contributed by atoms with van der Waals surface area (Å²) in [5, 5.41) is 3.27. The van der Waals surface area contributed by atoms with Gasteiger partial charge in [0.05, 0.1) is 0 Å². The van der Waals surface area contributed by atoms with Crippen molar-refractivity contribution in [1.82, 2.24) is 9.80 Å². The summed E-state index contributed by atoms with van der Waals surface area (Å²) < 4.78 is 1.08. The summed E-state index contributed by atoms with van der Waals surface area (Å²) in [4.78, 5) is 26.2. The second kappa shape index (κ2) is 7.45. The third-order valence-electron chi connectivity index (χ3n) is 3.64. The molecule has 1 aliphatic heterocycles. The predicted octanol–water partition coefficient (Wildman–Crippen LogP) is 1.86. The van der Waals surface area contributed by atoms with Crippen molar-refractivity contribution in [2.75, 3.05) is 38.0 Å². The topological polar surface area (TPSA) is 52.7 Å². The van der Waals surface area contributed by atoms with Gasteiger partial charge in [-0.2, -0.15) is 0 Å². The van der Waals surface area contributed by atoms with Crippen LogP contribution in [0.15, 0.2) is 22.7 Å². The van der Waals surface area contributed by atoms with Crippen molar-refractivity contribution < 1.29 is 9.59 Å². The average Bonchev–Trinajstić information content (AvgIpc) is 2.51. The van der Waals surface area contributed by atoms with E-state index in [1.54, 1.807) is 4.90 Å². The van der Waals surface area contributed by atoms with E-state index in [0.29, 0.717) is 39.1 Å². The minimum Gasteiger partial charge on any atom is -0.385 e. The van der Waals surface area contributed by atoms with Gasteiger partial charge in [-0.15, -0.1) is 0 Å². The van der Waals surface area contributed by atoms with E-state index < -0.39 is 0 Å². The van der Waals surface area contributed by atoms with Gasteiger partial charge >= 0.3 is 0 Å². The van der Waals surface area contributed by atoms with Crippen molar-refractivity contribution in [2.24, 2.45) is 0 Å². The van der Waals surface area contributed by atoms with Crippen LogP contribution in [0.2, 0.25) is 0 Å². The lowest BCUT2D eigenvalue weighted by molar-refractivity contribution is -0.134. The van der Waals surface area contributed by atoms with E-state index >= 15 is 0 Å². The van der Waals surface area contributed by atoms with Crippen LogP contribution in [0.5, 0.6) is 0 Å². The number of nitrogens with one attached hydrogen (secondary N) is 1. The van der Waals surface area contributed by atoms with Crippen LogP contribution in [0.3, 0.4) is 0 Å². The molecule has 2 rings (SSSR count). The molecule has 6 heteroatoms. The van der Waals surface area contributed by atoms with Crippen LogP contribution in [0, 0.1) is 6.92 Å². The summed E-state index contributed by atoms with van der Waals surface area (Å²) in [7, 11) is 0. The molecule has 0 aliphatic carbocycles. The van der Waals surface area contributed by atoms with Crippen LogP contribution in [-0.2, 0) is 9.59 Å². The molecule has 1 aromatic rings. The largest absolute Gasteiger partial charge is 0.385 e. The van der Waals surface area contributed by atoms with Crippen LogP contribution < -0.4 is 5.32 Å². The molecule has 0 aromatic heterocycles. The highest BCUT2D eigenvalue weighted by molar-refractivity contribution is 9.10. The zero-order chi connectivity index (χ0) is 15.2. The highest BCUT2D eigenvalue weighted by Gasteiger charge is 2.19. The summed E-state index contributed by atoms with van der Waals surface area (Å²) in [6.07, 6.45) is 1.31. The maximum absolute atomic E-state index is 12.1. The summed E-state index contributed by atoms with van der Waals surface area (Å²) in [6.45, 7) is 5.19. The normalized spacial score (nSPS) is 15.0. The molecule has 0 spiro atoms. The van der Waals surface area contributed by atoms with Gasteiger partial charge in [-0.05, 0) is 30.7 Å². The van der Waals surface area contributed by atoms with E-state index in [1.165, 1.54) is 0 Å². The van der Waals surface area contributed by atoms with Gasteiger partial charge in [0.15, 0.2) is 0 Å². The summed E-state index contributed by atoms with van der Waals surface area (Å²) in [5.74, 6) is 0.141. The Morgan fingerprint density at radius 3 is 2.67 bits per heavy atom. The number of hydrogen-bond donors (Lipinski definition) is 1. The number of piperazine rings is 1. The van der Waals surface area contributed by atoms with Crippen LogP contribution in [-0.4, -0.2) is 54.8 Å². The Balaban J connectivity index is 1.74. The average molecular weight is 354 g/mol. The molecule has 0 saturated carbocycles. The number of anilines is 1. The van der Waals surface area contributed by atoms with Crippen molar-refractivity contribution in [3.63, 3.8) is 0 Å². The maximum atomic E-state index is 12.1. The van der Waals surface area contributed by atoms with Crippen molar-refractivity contribution in [1.29, 1.82) is 0 Å². The molecule has 0 unspecified atom stereocenters. The Hall–Kier alpha value is -1.56. The fourth-order valence-electron chi connectivity index (χ4n) is 2.30.